The summed E-state index contributed by atoms with van der Waals surface area (Å²) in [5.74, 6) is 0. The number of hydrogen-bond donors (Lipinski definition) is 2. The fourth-order valence-electron chi connectivity index (χ4n) is 3.33. The molecule has 0 saturated carbocycles. The van der Waals surface area contributed by atoms with E-state index in [1.165, 1.54) is 11.1 Å². The van der Waals surface area contributed by atoms with Gasteiger partial charge in [-0.2, -0.15) is 5.06 Å². The molecule has 2 N–H and O–H groups in total. The molecule has 1 aromatic carbocycles. The minimum atomic E-state index is 0.212. The van der Waals surface area contributed by atoms with E-state index in [1.54, 1.807) is 5.06 Å². The number of hydroxylamine groups is 2. The Balaban J connectivity index is 1.75. The summed E-state index contributed by atoms with van der Waals surface area (Å²) in [6.07, 6.45) is 5.47. The molecule has 3 heteroatoms. The number of fused-ring (bicyclic) bond motifs is 1. The predicted molar refractivity (Wildman–Crippen MR) is 71.6 cm³/mol. The van der Waals surface area contributed by atoms with Gasteiger partial charge < -0.3 is 10.5 Å². The summed E-state index contributed by atoms with van der Waals surface area (Å²) in [5, 5.41) is 15.6. The lowest BCUT2D eigenvalue weighted by atomic mass is 10.0. The molecule has 2 atom stereocenters. The zero-order valence-electron chi connectivity index (χ0n) is 10.8. The number of aryl methyl sites for hydroxylation is 1. The summed E-state index contributed by atoms with van der Waals surface area (Å²) in [6, 6.07) is 9.07. The van der Waals surface area contributed by atoms with E-state index in [1.807, 2.05) is 0 Å². The Hall–Kier alpha value is -0.900. The zero-order valence-corrected chi connectivity index (χ0v) is 10.8. The third-order valence-electron chi connectivity index (χ3n) is 4.34. The molecule has 1 aliphatic carbocycles. The molecule has 1 heterocycles. The molecule has 98 valence electrons. The molecule has 0 spiro atoms. The van der Waals surface area contributed by atoms with Crippen LogP contribution in [0.5, 0.6) is 0 Å². The Kier molecular flexibility index (Phi) is 3.64. The normalized spacial score (nSPS) is 28.1. The van der Waals surface area contributed by atoms with Crippen molar-refractivity contribution < 1.29 is 5.21 Å². The first-order valence-corrected chi connectivity index (χ1v) is 7.12. The van der Waals surface area contributed by atoms with Crippen LogP contribution in [0.1, 0.15) is 42.9 Å². The molecule has 3 rings (SSSR count). The van der Waals surface area contributed by atoms with Crippen LogP contribution in [-0.2, 0) is 6.42 Å². The summed E-state index contributed by atoms with van der Waals surface area (Å²) in [5.41, 5.74) is 2.74. The second kappa shape index (κ2) is 5.39. The maximum atomic E-state index is 10.6. The van der Waals surface area contributed by atoms with E-state index in [-0.39, 0.29) is 6.04 Å². The molecule has 0 aromatic heterocycles. The highest BCUT2D eigenvalue weighted by Crippen LogP contribution is 2.36. The third kappa shape index (κ3) is 2.30. The lowest BCUT2D eigenvalue weighted by Crippen LogP contribution is -2.35. The highest BCUT2D eigenvalue weighted by atomic mass is 16.5. The van der Waals surface area contributed by atoms with Crippen molar-refractivity contribution in [3.8, 4) is 0 Å². The van der Waals surface area contributed by atoms with Crippen LogP contribution in [0, 0.1) is 0 Å². The highest BCUT2D eigenvalue weighted by molar-refractivity contribution is 5.34. The largest absolute Gasteiger partial charge is 0.317 e. The summed E-state index contributed by atoms with van der Waals surface area (Å²) in [4.78, 5) is 0. The van der Waals surface area contributed by atoms with Gasteiger partial charge in [-0.25, -0.2) is 0 Å². The number of benzene rings is 1. The van der Waals surface area contributed by atoms with Crippen LogP contribution >= 0.6 is 0 Å². The lowest BCUT2D eigenvalue weighted by molar-refractivity contribution is -0.164. The van der Waals surface area contributed by atoms with Gasteiger partial charge in [-0.15, -0.1) is 0 Å². The fraction of sp³-hybridized carbons (Fsp3) is 0.600. The Morgan fingerprint density at radius 1 is 1.11 bits per heavy atom. The summed E-state index contributed by atoms with van der Waals surface area (Å²) in [6.45, 7) is 2.11. The van der Waals surface area contributed by atoms with Gasteiger partial charge in [0.15, 0.2) is 0 Å². The van der Waals surface area contributed by atoms with Gasteiger partial charge in [0.25, 0.3) is 0 Å². The van der Waals surface area contributed by atoms with Gasteiger partial charge in [0.2, 0.25) is 0 Å². The molecule has 0 amide bonds. The van der Waals surface area contributed by atoms with Crippen LogP contribution in [0.2, 0.25) is 0 Å². The lowest BCUT2D eigenvalue weighted by Gasteiger charge is -2.30. The van der Waals surface area contributed by atoms with E-state index >= 15 is 0 Å². The summed E-state index contributed by atoms with van der Waals surface area (Å²) in [7, 11) is 0. The summed E-state index contributed by atoms with van der Waals surface area (Å²) < 4.78 is 0. The van der Waals surface area contributed by atoms with E-state index in [0.29, 0.717) is 6.04 Å². The minimum absolute atomic E-state index is 0.212. The maximum absolute atomic E-state index is 10.6. The first-order valence-electron chi connectivity index (χ1n) is 7.12. The van der Waals surface area contributed by atoms with Gasteiger partial charge in [0.05, 0.1) is 6.04 Å². The van der Waals surface area contributed by atoms with Crippen molar-refractivity contribution in [2.24, 2.45) is 0 Å². The molecule has 1 saturated heterocycles. The molecule has 1 fully saturated rings. The van der Waals surface area contributed by atoms with Crippen molar-refractivity contribution in [1.82, 2.24) is 10.4 Å². The SMILES string of the molecule is ON(C1CCCNCC1)C1CCc2ccccc21. The third-order valence-corrected chi connectivity index (χ3v) is 4.34. The zero-order chi connectivity index (χ0) is 12.4. The van der Waals surface area contributed by atoms with Crippen LogP contribution < -0.4 is 5.32 Å². The van der Waals surface area contributed by atoms with Gasteiger partial charge in [0.1, 0.15) is 0 Å². The van der Waals surface area contributed by atoms with E-state index < -0.39 is 0 Å². The maximum Gasteiger partial charge on any atom is 0.0608 e. The van der Waals surface area contributed by atoms with E-state index in [0.717, 1.165) is 45.2 Å². The quantitative estimate of drug-likeness (QED) is 0.787. The topological polar surface area (TPSA) is 35.5 Å². The average Bonchev–Trinajstić information content (AvgIpc) is 2.65. The molecule has 1 aromatic rings. The van der Waals surface area contributed by atoms with Gasteiger partial charge in [0, 0.05) is 6.04 Å². The monoisotopic (exact) mass is 246 g/mol. The minimum Gasteiger partial charge on any atom is -0.317 e. The van der Waals surface area contributed by atoms with E-state index in [4.69, 9.17) is 0 Å². The first-order chi connectivity index (χ1) is 8.86. The van der Waals surface area contributed by atoms with Gasteiger partial charge in [-0.1, -0.05) is 24.3 Å². The first kappa shape index (κ1) is 12.2. The molecule has 2 unspecified atom stereocenters. The number of nitrogens with one attached hydrogen (secondary N) is 1. The van der Waals surface area contributed by atoms with Crippen molar-refractivity contribution in [2.75, 3.05) is 13.1 Å². The Bertz CT molecular complexity index is 399. The number of hydrogen-bond acceptors (Lipinski definition) is 3. The van der Waals surface area contributed by atoms with Crippen molar-refractivity contribution in [3.63, 3.8) is 0 Å². The summed E-state index contributed by atoms with van der Waals surface area (Å²) >= 11 is 0. The molecular weight excluding hydrogens is 224 g/mol. The molecule has 18 heavy (non-hydrogen) atoms. The van der Waals surface area contributed by atoms with Crippen LogP contribution in [0.25, 0.3) is 0 Å². The predicted octanol–water partition coefficient (Wildman–Crippen LogP) is 2.51. The van der Waals surface area contributed by atoms with E-state index in [9.17, 15) is 5.21 Å². The fourth-order valence-corrected chi connectivity index (χ4v) is 3.33. The van der Waals surface area contributed by atoms with Gasteiger partial charge >= 0.3 is 0 Å². The van der Waals surface area contributed by atoms with Crippen molar-refractivity contribution >= 4 is 0 Å². The second-order valence-corrected chi connectivity index (χ2v) is 5.47. The number of rotatable bonds is 2. The van der Waals surface area contributed by atoms with Gasteiger partial charge in [-0.3, -0.25) is 0 Å². The second-order valence-electron chi connectivity index (χ2n) is 5.47. The van der Waals surface area contributed by atoms with Crippen molar-refractivity contribution in [2.45, 2.75) is 44.2 Å². The molecule has 2 aliphatic rings. The Morgan fingerprint density at radius 2 is 2.00 bits per heavy atom. The standard InChI is InChI=1S/C15H22N2O/c18-17(13-5-3-10-16-11-9-13)15-8-7-12-4-1-2-6-14(12)15/h1-2,4,6,13,15-16,18H,3,5,7-11H2. The molecule has 3 nitrogen and oxygen atoms in total. The average molecular weight is 246 g/mol. The van der Waals surface area contributed by atoms with E-state index in [2.05, 4.69) is 29.6 Å². The molecule has 0 bridgehead atoms. The smallest absolute Gasteiger partial charge is 0.0608 e. The van der Waals surface area contributed by atoms with Crippen LogP contribution in [0.15, 0.2) is 24.3 Å². The van der Waals surface area contributed by atoms with Crippen LogP contribution in [-0.4, -0.2) is 29.4 Å². The Labute approximate surface area is 109 Å². The highest BCUT2D eigenvalue weighted by Gasteiger charge is 2.31. The van der Waals surface area contributed by atoms with Crippen molar-refractivity contribution in [3.05, 3.63) is 35.4 Å². The van der Waals surface area contributed by atoms with Gasteiger partial charge in [-0.05, 0) is 56.3 Å². The van der Waals surface area contributed by atoms with Crippen LogP contribution in [0.4, 0.5) is 0 Å². The molecule has 1 aliphatic heterocycles. The molecular formula is C15H22N2O. The Morgan fingerprint density at radius 3 is 2.94 bits per heavy atom. The van der Waals surface area contributed by atoms with Crippen molar-refractivity contribution in [1.29, 1.82) is 0 Å². The molecule has 0 radical (unpaired) electrons. The van der Waals surface area contributed by atoms with Crippen LogP contribution in [0.3, 0.4) is 0 Å². The number of nitrogens with zero attached hydrogens (tertiary/aromatic N) is 1.